The van der Waals surface area contributed by atoms with Crippen LogP contribution < -0.4 is 5.73 Å². The van der Waals surface area contributed by atoms with Crippen molar-refractivity contribution in [3.63, 3.8) is 0 Å². The summed E-state index contributed by atoms with van der Waals surface area (Å²) in [5.74, 6) is 0. The first-order valence-electron chi connectivity index (χ1n) is 5.07. The van der Waals surface area contributed by atoms with E-state index in [1.165, 1.54) is 0 Å². The van der Waals surface area contributed by atoms with Crippen molar-refractivity contribution < 1.29 is 13.5 Å². The highest BCUT2D eigenvalue weighted by molar-refractivity contribution is 6.42. The van der Waals surface area contributed by atoms with Gasteiger partial charge in [0.15, 0.2) is 0 Å². The molecule has 0 heterocycles. The lowest BCUT2D eigenvalue weighted by Gasteiger charge is -2.14. The predicted molar refractivity (Wildman–Crippen MR) is 64.8 cm³/mol. The number of hydrogen-bond donors (Lipinski definition) is 1. The van der Waals surface area contributed by atoms with Gasteiger partial charge in [-0.25, -0.2) is 8.78 Å². The fourth-order valence-electron chi connectivity index (χ4n) is 1.35. The van der Waals surface area contributed by atoms with Crippen LogP contribution in [0, 0.1) is 0 Å². The number of hydrogen-bond acceptors (Lipinski definition) is 2. The Morgan fingerprint density at radius 3 is 2.65 bits per heavy atom. The molecule has 0 fully saturated rings. The zero-order valence-corrected chi connectivity index (χ0v) is 10.5. The van der Waals surface area contributed by atoms with Crippen LogP contribution in [-0.4, -0.2) is 19.6 Å². The minimum atomic E-state index is -2.46. The second kappa shape index (κ2) is 7.11. The summed E-state index contributed by atoms with van der Waals surface area (Å²) in [5, 5.41) is 0.823. The van der Waals surface area contributed by atoms with E-state index in [-0.39, 0.29) is 12.6 Å². The minimum Gasteiger partial charge on any atom is -0.375 e. The van der Waals surface area contributed by atoms with Crippen LogP contribution in [0.25, 0.3) is 0 Å². The van der Waals surface area contributed by atoms with Crippen LogP contribution in [0.5, 0.6) is 0 Å². The summed E-state index contributed by atoms with van der Waals surface area (Å²) in [5.41, 5.74) is 6.57. The molecule has 0 aliphatic heterocycles. The van der Waals surface area contributed by atoms with E-state index in [0.29, 0.717) is 22.0 Å². The van der Waals surface area contributed by atoms with Gasteiger partial charge < -0.3 is 10.5 Å². The molecule has 1 rings (SSSR count). The van der Waals surface area contributed by atoms with Gasteiger partial charge in [-0.05, 0) is 18.1 Å². The van der Waals surface area contributed by atoms with Crippen molar-refractivity contribution in [3.05, 3.63) is 33.8 Å². The maximum absolute atomic E-state index is 11.8. The Hall–Kier alpha value is -0.420. The van der Waals surface area contributed by atoms with E-state index in [9.17, 15) is 8.78 Å². The first kappa shape index (κ1) is 14.6. The molecule has 2 nitrogen and oxygen atoms in total. The smallest absolute Gasteiger partial charge is 0.261 e. The number of ether oxygens (including phenoxy) is 1. The van der Waals surface area contributed by atoms with Crippen molar-refractivity contribution in [1.82, 2.24) is 0 Å². The summed E-state index contributed by atoms with van der Waals surface area (Å²) >= 11 is 11.8. The summed E-state index contributed by atoms with van der Waals surface area (Å²) < 4.78 is 28.4. The maximum atomic E-state index is 11.8. The first-order chi connectivity index (χ1) is 8.02. The summed E-state index contributed by atoms with van der Waals surface area (Å²) in [6, 6.07) is 4.78. The standard InChI is InChI=1S/C11H13Cl2F2NO/c12-8-3-1-2-7(11(8)13)9(16)4-5-17-6-10(14)15/h1-3,9-10H,4-6,16H2. The van der Waals surface area contributed by atoms with Gasteiger partial charge in [-0.1, -0.05) is 35.3 Å². The third kappa shape index (κ3) is 4.76. The van der Waals surface area contributed by atoms with E-state index in [1.54, 1.807) is 18.2 Å². The number of nitrogens with two attached hydrogens (primary N) is 1. The largest absolute Gasteiger partial charge is 0.375 e. The molecule has 17 heavy (non-hydrogen) atoms. The van der Waals surface area contributed by atoms with Crippen molar-refractivity contribution in [1.29, 1.82) is 0 Å². The second-order valence-corrected chi connectivity index (χ2v) is 4.29. The number of alkyl halides is 2. The summed E-state index contributed by atoms with van der Waals surface area (Å²) in [6.07, 6.45) is -2.05. The van der Waals surface area contributed by atoms with E-state index in [2.05, 4.69) is 0 Å². The van der Waals surface area contributed by atoms with Crippen molar-refractivity contribution in [2.24, 2.45) is 5.73 Å². The Morgan fingerprint density at radius 2 is 2.00 bits per heavy atom. The fourth-order valence-corrected chi connectivity index (χ4v) is 1.79. The zero-order valence-electron chi connectivity index (χ0n) is 9.01. The van der Waals surface area contributed by atoms with Crippen LogP contribution in [0.2, 0.25) is 10.0 Å². The lowest BCUT2D eigenvalue weighted by molar-refractivity contribution is 0.0152. The second-order valence-electron chi connectivity index (χ2n) is 3.50. The lowest BCUT2D eigenvalue weighted by Crippen LogP contribution is -2.15. The minimum absolute atomic E-state index is 0.161. The summed E-state index contributed by atoms with van der Waals surface area (Å²) in [4.78, 5) is 0. The molecule has 0 aliphatic carbocycles. The third-order valence-electron chi connectivity index (χ3n) is 2.20. The zero-order chi connectivity index (χ0) is 12.8. The monoisotopic (exact) mass is 283 g/mol. The maximum Gasteiger partial charge on any atom is 0.261 e. The van der Waals surface area contributed by atoms with Crippen molar-refractivity contribution in [3.8, 4) is 0 Å². The summed E-state index contributed by atoms with van der Waals surface area (Å²) in [7, 11) is 0. The van der Waals surface area contributed by atoms with Crippen molar-refractivity contribution in [2.75, 3.05) is 13.2 Å². The highest BCUT2D eigenvalue weighted by Crippen LogP contribution is 2.30. The van der Waals surface area contributed by atoms with Crippen molar-refractivity contribution in [2.45, 2.75) is 18.9 Å². The molecule has 0 saturated heterocycles. The molecular weight excluding hydrogens is 271 g/mol. The van der Waals surface area contributed by atoms with E-state index < -0.39 is 13.0 Å². The molecule has 0 bridgehead atoms. The van der Waals surface area contributed by atoms with E-state index in [4.69, 9.17) is 33.7 Å². The SMILES string of the molecule is NC(CCOCC(F)F)c1cccc(Cl)c1Cl. The van der Waals surface area contributed by atoms with Crippen LogP contribution in [0.1, 0.15) is 18.0 Å². The Morgan fingerprint density at radius 1 is 1.29 bits per heavy atom. The molecule has 2 N–H and O–H groups in total. The van der Waals surface area contributed by atoms with Gasteiger partial charge in [-0.3, -0.25) is 0 Å². The Bertz CT molecular complexity index is 363. The van der Waals surface area contributed by atoms with Gasteiger partial charge in [0.1, 0.15) is 6.61 Å². The van der Waals surface area contributed by atoms with Crippen LogP contribution in [0.15, 0.2) is 18.2 Å². The highest BCUT2D eigenvalue weighted by atomic mass is 35.5. The molecule has 1 aromatic rings. The van der Waals surface area contributed by atoms with Gasteiger partial charge in [-0.2, -0.15) is 0 Å². The normalized spacial score (nSPS) is 13.1. The third-order valence-corrected chi connectivity index (χ3v) is 3.03. The van der Waals surface area contributed by atoms with Crippen LogP contribution >= 0.6 is 23.2 Å². The van der Waals surface area contributed by atoms with Gasteiger partial charge in [0, 0.05) is 12.6 Å². The molecular formula is C11H13Cl2F2NO. The molecule has 1 aromatic carbocycles. The molecule has 96 valence electrons. The molecule has 0 amide bonds. The Labute approximate surface area is 109 Å². The average molecular weight is 284 g/mol. The van der Waals surface area contributed by atoms with Gasteiger partial charge >= 0.3 is 0 Å². The van der Waals surface area contributed by atoms with Crippen LogP contribution in [-0.2, 0) is 4.74 Å². The van der Waals surface area contributed by atoms with Crippen molar-refractivity contribution >= 4 is 23.2 Å². The molecule has 6 heteroatoms. The fraction of sp³-hybridized carbons (Fsp3) is 0.455. The molecule has 0 aliphatic rings. The molecule has 0 saturated carbocycles. The van der Waals surface area contributed by atoms with Crippen LogP contribution in [0.3, 0.4) is 0 Å². The lowest BCUT2D eigenvalue weighted by atomic mass is 10.1. The first-order valence-corrected chi connectivity index (χ1v) is 5.83. The molecule has 0 spiro atoms. The summed E-state index contributed by atoms with van der Waals surface area (Å²) in [6.45, 7) is -0.412. The number of benzene rings is 1. The number of rotatable bonds is 6. The van der Waals surface area contributed by atoms with E-state index in [1.807, 2.05) is 0 Å². The van der Waals surface area contributed by atoms with E-state index in [0.717, 1.165) is 0 Å². The van der Waals surface area contributed by atoms with E-state index >= 15 is 0 Å². The molecule has 0 radical (unpaired) electrons. The molecule has 1 atom stereocenters. The Balaban J connectivity index is 2.47. The molecule has 1 unspecified atom stereocenters. The number of halogens is 4. The average Bonchev–Trinajstić information content (AvgIpc) is 2.27. The quantitative estimate of drug-likeness (QED) is 0.809. The van der Waals surface area contributed by atoms with Crippen LogP contribution in [0.4, 0.5) is 8.78 Å². The topological polar surface area (TPSA) is 35.2 Å². The highest BCUT2D eigenvalue weighted by Gasteiger charge is 2.12. The van der Waals surface area contributed by atoms with Gasteiger partial charge in [0.05, 0.1) is 10.0 Å². The predicted octanol–water partition coefficient (Wildman–Crippen LogP) is 3.67. The molecule has 0 aromatic heterocycles. The van der Waals surface area contributed by atoms with Gasteiger partial charge in [-0.15, -0.1) is 0 Å². The van der Waals surface area contributed by atoms with Gasteiger partial charge in [0.25, 0.3) is 6.43 Å². The Kier molecular flexibility index (Phi) is 6.12. The van der Waals surface area contributed by atoms with Gasteiger partial charge in [0.2, 0.25) is 0 Å².